The number of hydrogen-bond acceptors (Lipinski definition) is 11. The van der Waals surface area contributed by atoms with Crippen LogP contribution in [-0.2, 0) is 47.6 Å². The van der Waals surface area contributed by atoms with Crippen LogP contribution in [0.25, 0.3) is 0 Å². The van der Waals surface area contributed by atoms with Gasteiger partial charge >= 0.3 is 32.5 Å². The minimum Gasteiger partial charge on any atom is -0.306 e. The summed E-state index contributed by atoms with van der Waals surface area (Å²) in [5.74, 6) is 0.520. The molecule has 2 aliphatic heterocycles. The van der Waals surface area contributed by atoms with E-state index in [4.69, 9.17) is 0 Å². The third kappa shape index (κ3) is 11.1. The molecule has 0 unspecified atom stereocenters. The number of aromatic nitrogens is 4. The number of carbonyl (C=O) groups is 2. The summed E-state index contributed by atoms with van der Waals surface area (Å²) in [6, 6.07) is 1.08. The summed E-state index contributed by atoms with van der Waals surface area (Å²) in [5.41, 5.74) is 1.87. The summed E-state index contributed by atoms with van der Waals surface area (Å²) in [4.78, 5) is 34.8. The number of piperidine rings is 2. The van der Waals surface area contributed by atoms with E-state index in [0.29, 0.717) is 74.7 Å². The number of thiophene rings is 2. The molecule has 6 rings (SSSR count). The highest BCUT2D eigenvalue weighted by atomic mass is 32.2. The van der Waals surface area contributed by atoms with Gasteiger partial charge in [-0.05, 0) is 76.6 Å². The van der Waals surface area contributed by atoms with E-state index in [0.717, 1.165) is 32.5 Å². The van der Waals surface area contributed by atoms with E-state index in [1.54, 1.807) is 53.0 Å². The molecule has 0 aliphatic carbocycles. The molecule has 2 saturated heterocycles. The predicted octanol–water partition coefficient (Wildman–Crippen LogP) is 5.25. The highest BCUT2D eigenvalue weighted by Gasteiger charge is 2.39. The van der Waals surface area contributed by atoms with Crippen molar-refractivity contribution in [2.24, 2.45) is 14.1 Å². The Labute approximate surface area is 368 Å². The number of likely N-dealkylation sites (N-methyl/N-ethyl adjacent to an activating group) is 1. The molecule has 2 atom stereocenters. The Bertz CT molecular complexity index is 2400. The first-order valence-corrected chi connectivity index (χ1v) is 25.2. The van der Waals surface area contributed by atoms with Gasteiger partial charge in [0.1, 0.15) is 12.4 Å². The van der Waals surface area contributed by atoms with Crippen molar-refractivity contribution >= 4 is 77.9 Å². The minimum atomic E-state index is -4.42. The maximum Gasteiger partial charge on any atom is 0.334 e. The third-order valence-corrected chi connectivity index (χ3v) is 16.8. The molecule has 0 aromatic carbocycles. The number of nitrogens with zero attached hydrogens (tertiary/aromatic N) is 8. The van der Waals surface area contributed by atoms with Gasteiger partial charge in [0.05, 0.1) is 41.5 Å². The summed E-state index contributed by atoms with van der Waals surface area (Å²) < 4.78 is 69.1. The van der Waals surface area contributed by atoms with Crippen LogP contribution in [-0.4, -0.2) is 98.5 Å². The van der Waals surface area contributed by atoms with Crippen LogP contribution in [0.2, 0.25) is 0 Å². The lowest BCUT2D eigenvalue weighted by Crippen LogP contribution is -2.55. The van der Waals surface area contributed by atoms with E-state index in [9.17, 15) is 26.4 Å². The van der Waals surface area contributed by atoms with Crippen LogP contribution in [0.5, 0.6) is 0 Å². The van der Waals surface area contributed by atoms with Gasteiger partial charge in [-0.15, -0.1) is 32.0 Å². The molecular weight excluding hydrogens is 861 g/mol. The van der Waals surface area contributed by atoms with E-state index in [1.165, 1.54) is 19.5 Å². The average Bonchev–Trinajstić information content (AvgIpc) is 3.95. The highest BCUT2D eigenvalue weighted by molar-refractivity contribution is 7.91. The predicted molar refractivity (Wildman–Crippen MR) is 242 cm³/mol. The van der Waals surface area contributed by atoms with Crippen LogP contribution in [0.4, 0.5) is 32.3 Å². The Morgan fingerprint density at radius 2 is 1.43 bits per heavy atom. The second-order valence-corrected chi connectivity index (χ2v) is 22.2. The zero-order valence-corrected chi connectivity index (χ0v) is 39.8. The fourth-order valence-corrected chi connectivity index (χ4v) is 12.6. The van der Waals surface area contributed by atoms with Crippen LogP contribution in [0.15, 0.2) is 36.9 Å². The molecule has 4 N–H and O–H groups in total. The molecule has 22 heteroatoms. The lowest BCUT2D eigenvalue weighted by atomic mass is 10.1. The molecular formula is C39H61N12O6S4+. The second-order valence-electron chi connectivity index (χ2n) is 16.6. The van der Waals surface area contributed by atoms with Gasteiger partial charge in [-0.1, -0.05) is 34.6 Å². The summed E-state index contributed by atoms with van der Waals surface area (Å²) in [6.45, 7) is 14.7. The highest BCUT2D eigenvalue weighted by Crippen LogP contribution is 2.34. The molecule has 2 fully saturated rings. The largest absolute Gasteiger partial charge is 0.334 e. The molecule has 2 aliphatic rings. The zero-order chi connectivity index (χ0) is 44.4. The Kier molecular flexibility index (Phi) is 14.4. The molecule has 0 saturated carbocycles. The van der Waals surface area contributed by atoms with Crippen molar-refractivity contribution in [2.45, 2.75) is 104 Å². The molecule has 0 bridgehead atoms. The van der Waals surface area contributed by atoms with Gasteiger partial charge in [-0.25, -0.2) is 27.6 Å². The first kappa shape index (κ1) is 46.3. The van der Waals surface area contributed by atoms with Crippen molar-refractivity contribution in [3.63, 3.8) is 0 Å². The number of carbonyl (C=O) groups excluding carboxylic acids is 2. The lowest BCUT2D eigenvalue weighted by molar-refractivity contribution is -0.755. The van der Waals surface area contributed by atoms with Crippen LogP contribution in [0.1, 0.15) is 91.6 Å². The second kappa shape index (κ2) is 19.0. The number of likely N-dealkylation sites (tertiary alicyclic amines) is 2. The molecule has 4 aromatic rings. The molecule has 18 nitrogen and oxygen atoms in total. The monoisotopic (exact) mass is 921 g/mol. The maximum atomic E-state index is 14.2. The van der Waals surface area contributed by atoms with Crippen LogP contribution in [0, 0.1) is 6.92 Å². The number of rotatable bonds is 15. The van der Waals surface area contributed by atoms with Gasteiger partial charge in [0.2, 0.25) is 6.20 Å². The standard InChI is InChI=1S/C39H60N12O6S4/c1-10-35-34(18-37(59-35)27(4)5)42-39(53)44-60(54,55)50(31-19-40-46(8)21-31)30-14-12-16-48(23-30)25-49-24-32(22-47(49)9)51(29-13-11-15-45(7)20-29)61(56,57)43-38(52)41-33-17-36(26(2)3)58-28(33)6/h17-19,21-22,24,26-27,29-30H,10-16,20,23,25H2,1-9H3,(H3-,41,42,43,44,52,53)/p+1/t29-,30-/m0/s1. The Balaban J connectivity index is 1.21. The molecule has 0 radical (unpaired) electrons. The van der Waals surface area contributed by atoms with E-state index in [-0.39, 0.29) is 11.8 Å². The van der Waals surface area contributed by atoms with Gasteiger partial charge in [0.15, 0.2) is 7.05 Å². The van der Waals surface area contributed by atoms with E-state index >= 15 is 0 Å². The SMILES string of the molecule is CCc1sc(C(C)C)cc1NC(=O)NS(=O)(=O)N(c1cnn(C)c1)[C@H]1CCCN(Cn2cc(N([C@H]3CCCN(C)C3)S(=O)(=O)NC(=O)Nc3cc(C(C)C)sc3C)c[n+]2C)C1. The summed E-state index contributed by atoms with van der Waals surface area (Å²) >= 11 is 3.16. The molecule has 0 spiro atoms. The van der Waals surface area contributed by atoms with Crippen LogP contribution >= 0.6 is 22.7 Å². The van der Waals surface area contributed by atoms with E-state index < -0.39 is 44.6 Å². The number of urea groups is 2. The average molecular weight is 922 g/mol. The quantitative estimate of drug-likeness (QED) is 0.116. The van der Waals surface area contributed by atoms with Gasteiger partial charge < -0.3 is 15.5 Å². The molecule has 61 heavy (non-hydrogen) atoms. The summed E-state index contributed by atoms with van der Waals surface area (Å²) in [6.07, 6.45) is 9.80. The van der Waals surface area contributed by atoms with Crippen molar-refractivity contribution in [2.75, 3.05) is 52.5 Å². The van der Waals surface area contributed by atoms with Gasteiger partial charge in [-0.3, -0.25) is 9.58 Å². The Morgan fingerprint density at radius 3 is 2.00 bits per heavy atom. The van der Waals surface area contributed by atoms with Crippen molar-refractivity contribution in [3.05, 3.63) is 56.4 Å². The summed E-state index contributed by atoms with van der Waals surface area (Å²) in [5, 5.41) is 9.76. The normalized spacial score (nSPS) is 18.1. The first-order chi connectivity index (χ1) is 28.7. The fourth-order valence-electron chi connectivity index (χ4n) is 7.94. The van der Waals surface area contributed by atoms with Crippen molar-refractivity contribution in [1.82, 2.24) is 33.7 Å². The molecule has 4 amide bonds. The van der Waals surface area contributed by atoms with Gasteiger partial charge in [0.25, 0.3) is 0 Å². The minimum absolute atomic E-state index is 0.258. The van der Waals surface area contributed by atoms with Crippen LogP contribution < -0.4 is 33.4 Å². The lowest BCUT2D eigenvalue weighted by Gasteiger charge is -2.38. The number of amides is 4. The third-order valence-electron chi connectivity index (χ3n) is 11.0. The topological polar surface area (TPSA) is 190 Å². The van der Waals surface area contributed by atoms with Gasteiger partial charge in [-0.2, -0.15) is 21.9 Å². The first-order valence-electron chi connectivity index (χ1n) is 20.7. The zero-order valence-electron chi connectivity index (χ0n) is 36.5. The molecule has 336 valence electrons. The van der Waals surface area contributed by atoms with E-state index in [1.807, 2.05) is 44.8 Å². The van der Waals surface area contributed by atoms with Crippen molar-refractivity contribution in [3.8, 4) is 0 Å². The number of anilines is 4. The Morgan fingerprint density at radius 1 is 0.852 bits per heavy atom. The smallest absolute Gasteiger partial charge is 0.306 e. The molecule has 6 heterocycles. The van der Waals surface area contributed by atoms with Crippen molar-refractivity contribution in [1.29, 1.82) is 0 Å². The van der Waals surface area contributed by atoms with Crippen LogP contribution in [0.3, 0.4) is 0 Å². The number of hydrogen-bond donors (Lipinski definition) is 4. The summed E-state index contributed by atoms with van der Waals surface area (Å²) in [7, 11) is -3.36. The number of aryl methyl sites for hydroxylation is 4. The van der Waals surface area contributed by atoms with Gasteiger partial charge in [0, 0.05) is 52.4 Å². The fraction of sp³-hybridized carbons (Fsp3) is 0.590. The Hall–Kier alpha value is -4.22. The van der Waals surface area contributed by atoms with Crippen molar-refractivity contribution < 1.29 is 31.1 Å². The molecule has 4 aromatic heterocycles. The van der Waals surface area contributed by atoms with E-state index in [2.05, 4.69) is 62.7 Å². The maximum absolute atomic E-state index is 14.2. The number of nitrogens with one attached hydrogen (secondary N) is 4.